The summed E-state index contributed by atoms with van der Waals surface area (Å²) in [6.45, 7) is 5.67. The monoisotopic (exact) mass is 268 g/mol. The molecule has 0 bridgehead atoms. The van der Waals surface area contributed by atoms with Crippen molar-refractivity contribution in [2.24, 2.45) is 5.84 Å². The minimum atomic E-state index is 0.640. The van der Waals surface area contributed by atoms with Crippen LogP contribution in [0.1, 0.15) is 16.4 Å². The van der Waals surface area contributed by atoms with Crippen LogP contribution in [0.25, 0.3) is 0 Å². The van der Waals surface area contributed by atoms with E-state index in [4.69, 9.17) is 5.84 Å². The fourth-order valence-corrected chi connectivity index (χ4v) is 3.10. The van der Waals surface area contributed by atoms with Crippen LogP contribution in [0.5, 0.6) is 0 Å². The van der Waals surface area contributed by atoms with Gasteiger partial charge in [0.2, 0.25) is 0 Å². The van der Waals surface area contributed by atoms with Gasteiger partial charge in [0.25, 0.3) is 0 Å². The molecule has 8 heteroatoms. The molecule has 2 rings (SSSR count). The van der Waals surface area contributed by atoms with E-state index in [1.165, 1.54) is 23.1 Å². The number of hydrazine groups is 1. The smallest absolute Gasteiger partial charge is 0.180 e. The van der Waals surface area contributed by atoms with E-state index in [1.54, 1.807) is 0 Å². The molecule has 2 aromatic rings. The molecule has 0 fully saturated rings. The highest BCUT2D eigenvalue weighted by molar-refractivity contribution is 8.01. The number of hydrogen-bond acceptors (Lipinski definition) is 8. The maximum absolute atomic E-state index is 5.41. The Kier molecular flexibility index (Phi) is 3.55. The van der Waals surface area contributed by atoms with Crippen molar-refractivity contribution in [3.8, 4) is 0 Å². The van der Waals surface area contributed by atoms with E-state index in [2.05, 4.69) is 25.6 Å². The van der Waals surface area contributed by atoms with Crippen LogP contribution in [0.2, 0.25) is 0 Å². The number of nitrogens with two attached hydrogens (primary N) is 1. The Morgan fingerprint density at radius 1 is 1.18 bits per heavy atom. The summed E-state index contributed by atoms with van der Waals surface area (Å²) in [4.78, 5) is 8.59. The van der Waals surface area contributed by atoms with E-state index in [-0.39, 0.29) is 0 Å². The zero-order chi connectivity index (χ0) is 12.4. The molecule has 0 aliphatic heterocycles. The van der Waals surface area contributed by atoms with Gasteiger partial charge < -0.3 is 5.43 Å². The molecule has 0 spiro atoms. The third kappa shape index (κ3) is 2.71. The SMILES string of the molecule is Cc1nc(NN)c(C)c(Sc2nnc(C)s2)n1. The number of nitrogen functional groups attached to an aromatic ring is 1. The quantitative estimate of drug-likeness (QED) is 0.497. The van der Waals surface area contributed by atoms with Gasteiger partial charge >= 0.3 is 0 Å². The maximum atomic E-state index is 5.41. The summed E-state index contributed by atoms with van der Waals surface area (Å²) < 4.78 is 0.867. The van der Waals surface area contributed by atoms with Gasteiger partial charge in [0.1, 0.15) is 21.7 Å². The number of anilines is 1. The number of aryl methyl sites for hydroxylation is 2. The van der Waals surface area contributed by atoms with Crippen LogP contribution in [-0.4, -0.2) is 20.2 Å². The van der Waals surface area contributed by atoms with Gasteiger partial charge in [-0.05, 0) is 32.5 Å². The van der Waals surface area contributed by atoms with E-state index in [0.717, 1.165) is 19.9 Å². The lowest BCUT2D eigenvalue weighted by Crippen LogP contribution is -2.12. The van der Waals surface area contributed by atoms with Gasteiger partial charge in [0.05, 0.1) is 0 Å². The largest absolute Gasteiger partial charge is 0.308 e. The van der Waals surface area contributed by atoms with Gasteiger partial charge in [-0.25, -0.2) is 15.8 Å². The third-order valence-corrected chi connectivity index (χ3v) is 4.02. The average molecular weight is 268 g/mol. The molecule has 0 radical (unpaired) electrons. The molecule has 0 saturated carbocycles. The van der Waals surface area contributed by atoms with Crippen LogP contribution < -0.4 is 11.3 Å². The lowest BCUT2D eigenvalue weighted by Gasteiger charge is -2.08. The lowest BCUT2D eigenvalue weighted by atomic mass is 10.3. The number of nitrogens with one attached hydrogen (secondary N) is 1. The van der Waals surface area contributed by atoms with Crippen LogP contribution >= 0.6 is 23.1 Å². The van der Waals surface area contributed by atoms with Crippen LogP contribution in [0, 0.1) is 20.8 Å². The average Bonchev–Trinajstić information content (AvgIpc) is 2.69. The van der Waals surface area contributed by atoms with Gasteiger partial charge in [-0.3, -0.25) is 0 Å². The van der Waals surface area contributed by atoms with Crippen LogP contribution in [0.15, 0.2) is 9.37 Å². The van der Waals surface area contributed by atoms with Gasteiger partial charge in [0.15, 0.2) is 4.34 Å². The fraction of sp³-hybridized carbons (Fsp3) is 0.333. The van der Waals surface area contributed by atoms with Crippen LogP contribution in [0.3, 0.4) is 0 Å². The lowest BCUT2D eigenvalue weighted by molar-refractivity contribution is 0.929. The first-order chi connectivity index (χ1) is 8.10. The number of rotatable bonds is 3. The van der Waals surface area contributed by atoms with Crippen LogP contribution in [0.4, 0.5) is 5.82 Å². The first-order valence-electron chi connectivity index (χ1n) is 4.90. The molecule has 0 amide bonds. The first kappa shape index (κ1) is 12.2. The standard InChI is InChI=1S/C9H12N6S2/c1-4-7(13-10)11-5(2)12-8(4)17-9-15-14-6(3)16-9/h10H2,1-3H3,(H,11,12,13). The minimum absolute atomic E-state index is 0.640. The zero-order valence-electron chi connectivity index (χ0n) is 9.68. The topological polar surface area (TPSA) is 89.6 Å². The fourth-order valence-electron chi connectivity index (χ4n) is 1.25. The number of aromatic nitrogens is 4. The van der Waals surface area contributed by atoms with Crippen molar-refractivity contribution in [3.63, 3.8) is 0 Å². The van der Waals surface area contributed by atoms with Crippen molar-refractivity contribution in [2.45, 2.75) is 30.1 Å². The molecule has 17 heavy (non-hydrogen) atoms. The van der Waals surface area contributed by atoms with Crippen molar-refractivity contribution in [2.75, 3.05) is 5.43 Å². The molecule has 0 saturated heterocycles. The number of nitrogens with zero attached hydrogens (tertiary/aromatic N) is 4. The molecule has 3 N–H and O–H groups in total. The molecule has 90 valence electrons. The highest BCUT2D eigenvalue weighted by Gasteiger charge is 2.12. The first-order valence-corrected chi connectivity index (χ1v) is 6.53. The molecular weight excluding hydrogens is 256 g/mol. The van der Waals surface area contributed by atoms with Gasteiger partial charge in [-0.2, -0.15) is 0 Å². The summed E-state index contributed by atoms with van der Waals surface area (Å²) in [6.07, 6.45) is 0. The minimum Gasteiger partial charge on any atom is -0.308 e. The zero-order valence-corrected chi connectivity index (χ0v) is 11.3. The Balaban J connectivity index is 2.35. The Hall–Kier alpha value is -1.25. The third-order valence-electron chi connectivity index (χ3n) is 2.04. The molecule has 0 aromatic carbocycles. The van der Waals surface area contributed by atoms with Crippen molar-refractivity contribution < 1.29 is 0 Å². The molecule has 0 aliphatic carbocycles. The van der Waals surface area contributed by atoms with Crippen LogP contribution in [-0.2, 0) is 0 Å². The van der Waals surface area contributed by atoms with Crippen molar-refractivity contribution >= 4 is 28.9 Å². The summed E-state index contributed by atoms with van der Waals surface area (Å²) in [5.74, 6) is 6.72. The normalized spacial score (nSPS) is 10.6. The molecule has 0 aliphatic rings. The van der Waals surface area contributed by atoms with E-state index < -0.39 is 0 Å². The summed E-state index contributed by atoms with van der Waals surface area (Å²) in [7, 11) is 0. The molecule has 0 unspecified atom stereocenters. The predicted molar refractivity (Wildman–Crippen MR) is 68.1 cm³/mol. The van der Waals surface area contributed by atoms with Gasteiger partial charge in [0, 0.05) is 5.56 Å². The van der Waals surface area contributed by atoms with Crippen molar-refractivity contribution in [3.05, 3.63) is 16.4 Å². The summed E-state index contributed by atoms with van der Waals surface area (Å²) in [6, 6.07) is 0. The Morgan fingerprint density at radius 2 is 1.94 bits per heavy atom. The Bertz CT molecular complexity index is 538. The highest BCUT2D eigenvalue weighted by Crippen LogP contribution is 2.32. The summed E-state index contributed by atoms with van der Waals surface area (Å²) >= 11 is 3.02. The van der Waals surface area contributed by atoms with E-state index in [1.807, 2.05) is 20.8 Å². The molecule has 0 atom stereocenters. The molecule has 2 heterocycles. The second kappa shape index (κ2) is 4.94. The van der Waals surface area contributed by atoms with Gasteiger partial charge in [-0.1, -0.05) is 11.3 Å². The second-order valence-electron chi connectivity index (χ2n) is 3.38. The second-order valence-corrected chi connectivity index (χ2v) is 5.80. The highest BCUT2D eigenvalue weighted by atomic mass is 32.2. The summed E-state index contributed by atoms with van der Waals surface area (Å²) in [5.41, 5.74) is 3.48. The molecular formula is C9H12N6S2. The molecule has 6 nitrogen and oxygen atoms in total. The van der Waals surface area contributed by atoms with E-state index >= 15 is 0 Å². The van der Waals surface area contributed by atoms with Crippen molar-refractivity contribution in [1.29, 1.82) is 0 Å². The van der Waals surface area contributed by atoms with E-state index in [9.17, 15) is 0 Å². The number of hydrogen-bond donors (Lipinski definition) is 2. The van der Waals surface area contributed by atoms with Crippen molar-refractivity contribution in [1.82, 2.24) is 20.2 Å². The van der Waals surface area contributed by atoms with Gasteiger partial charge in [-0.15, -0.1) is 10.2 Å². The Labute approximate surface area is 107 Å². The maximum Gasteiger partial charge on any atom is 0.180 e. The summed E-state index contributed by atoms with van der Waals surface area (Å²) in [5, 5.41) is 9.81. The van der Waals surface area contributed by atoms with E-state index in [0.29, 0.717) is 11.6 Å². The molecule has 2 aromatic heterocycles. The Morgan fingerprint density at radius 3 is 2.53 bits per heavy atom. The predicted octanol–water partition coefficient (Wildman–Crippen LogP) is 1.69.